The van der Waals surface area contributed by atoms with E-state index in [2.05, 4.69) is 10.3 Å². The highest BCUT2D eigenvalue weighted by molar-refractivity contribution is 6.30. The molecule has 0 radical (unpaired) electrons. The van der Waals surface area contributed by atoms with Gasteiger partial charge in [0.25, 0.3) is 0 Å². The van der Waals surface area contributed by atoms with Gasteiger partial charge in [-0.05, 0) is 55.9 Å². The number of nitrogens with two attached hydrogens (primary N) is 1. The zero-order chi connectivity index (χ0) is 17.2. The molecule has 5 nitrogen and oxygen atoms in total. The summed E-state index contributed by atoms with van der Waals surface area (Å²) in [6.45, 7) is 0.937. The summed E-state index contributed by atoms with van der Waals surface area (Å²) in [5.41, 5.74) is 8.75. The molecule has 1 aliphatic carbocycles. The number of benzene rings is 1. The number of nitrogens with one attached hydrogen (secondary N) is 1. The highest BCUT2D eigenvalue weighted by Gasteiger charge is 2.18. The number of fused-ring (bicyclic) bond motifs is 1. The highest BCUT2D eigenvalue weighted by Crippen LogP contribution is 2.25. The molecule has 1 saturated carbocycles. The minimum atomic E-state index is 0.386. The molecule has 1 aliphatic rings. The molecule has 0 amide bonds. The molecule has 25 heavy (non-hydrogen) atoms. The van der Waals surface area contributed by atoms with E-state index >= 15 is 0 Å². The molecule has 6 heteroatoms. The first kappa shape index (κ1) is 16.4. The van der Waals surface area contributed by atoms with Crippen LogP contribution in [0.4, 0.5) is 5.82 Å². The van der Waals surface area contributed by atoms with Crippen molar-refractivity contribution in [1.82, 2.24) is 14.6 Å². The number of imidazole rings is 1. The summed E-state index contributed by atoms with van der Waals surface area (Å²) < 4.78 is 1.87. The zero-order valence-corrected chi connectivity index (χ0v) is 14.8. The van der Waals surface area contributed by atoms with E-state index in [0.717, 1.165) is 42.1 Å². The number of nitrogens with zero attached hydrogens (tertiary/aromatic N) is 3. The van der Waals surface area contributed by atoms with Gasteiger partial charge in [0, 0.05) is 23.2 Å². The van der Waals surface area contributed by atoms with Crippen LogP contribution in [0.3, 0.4) is 0 Å². The van der Waals surface area contributed by atoms with Crippen molar-refractivity contribution in [3.05, 3.63) is 47.6 Å². The molecule has 4 rings (SSSR count). The van der Waals surface area contributed by atoms with Crippen molar-refractivity contribution in [2.24, 2.45) is 11.7 Å². The van der Waals surface area contributed by atoms with Crippen molar-refractivity contribution < 1.29 is 0 Å². The summed E-state index contributed by atoms with van der Waals surface area (Å²) in [5.74, 6) is 1.54. The van der Waals surface area contributed by atoms with Gasteiger partial charge in [-0.1, -0.05) is 23.7 Å². The lowest BCUT2D eigenvalue weighted by molar-refractivity contribution is 0.338. The molecule has 0 aliphatic heterocycles. The van der Waals surface area contributed by atoms with Crippen LogP contribution in [-0.4, -0.2) is 27.2 Å². The molecule has 3 aromatic rings. The first-order valence-electron chi connectivity index (χ1n) is 8.79. The average Bonchev–Trinajstić information content (AvgIpc) is 3.04. The van der Waals surface area contributed by atoms with Gasteiger partial charge in [0.15, 0.2) is 5.65 Å². The van der Waals surface area contributed by atoms with Crippen LogP contribution in [0.15, 0.2) is 42.6 Å². The zero-order valence-electron chi connectivity index (χ0n) is 14.0. The van der Waals surface area contributed by atoms with E-state index in [1.807, 2.05) is 47.1 Å². The Hall–Kier alpha value is -2.11. The fraction of sp³-hybridized carbons (Fsp3) is 0.368. The Morgan fingerprint density at radius 3 is 2.80 bits per heavy atom. The minimum absolute atomic E-state index is 0.386. The Morgan fingerprint density at radius 1 is 1.16 bits per heavy atom. The Balaban J connectivity index is 1.54. The standard InChI is InChI=1S/C19H22ClN5/c20-15-3-1-2-14(10-15)17-12-23-19-9-8-18(24-25(17)19)22-11-13-4-6-16(21)7-5-13/h1-3,8-10,12-13,16H,4-7,11,21H2,(H,22,24)/t13-,16-. The molecule has 0 bridgehead atoms. The first-order chi connectivity index (χ1) is 12.2. The van der Waals surface area contributed by atoms with Crippen LogP contribution in [0.2, 0.25) is 5.02 Å². The lowest BCUT2D eigenvalue weighted by atomic mass is 9.86. The van der Waals surface area contributed by atoms with E-state index in [0.29, 0.717) is 17.0 Å². The van der Waals surface area contributed by atoms with Crippen LogP contribution >= 0.6 is 11.6 Å². The van der Waals surface area contributed by atoms with Crippen molar-refractivity contribution in [2.75, 3.05) is 11.9 Å². The molecule has 0 unspecified atom stereocenters. The second-order valence-corrected chi connectivity index (χ2v) is 7.24. The summed E-state index contributed by atoms with van der Waals surface area (Å²) in [5, 5.41) is 8.90. The maximum absolute atomic E-state index is 6.12. The fourth-order valence-corrected chi connectivity index (χ4v) is 3.64. The SMILES string of the molecule is N[C@H]1CC[C@H](CNc2ccc3ncc(-c4cccc(Cl)c4)n3n2)CC1. The second-order valence-electron chi connectivity index (χ2n) is 6.80. The highest BCUT2D eigenvalue weighted by atomic mass is 35.5. The van der Waals surface area contributed by atoms with Crippen molar-refractivity contribution in [2.45, 2.75) is 31.7 Å². The maximum atomic E-state index is 6.12. The molecular weight excluding hydrogens is 334 g/mol. The Bertz CT molecular complexity index is 867. The van der Waals surface area contributed by atoms with Gasteiger partial charge in [-0.15, -0.1) is 5.10 Å². The molecule has 0 saturated heterocycles. The maximum Gasteiger partial charge on any atom is 0.154 e. The summed E-state index contributed by atoms with van der Waals surface area (Å²) in [7, 11) is 0. The predicted octanol–water partition coefficient (Wildman–Crippen LogP) is 3.98. The van der Waals surface area contributed by atoms with E-state index in [1.165, 1.54) is 12.8 Å². The molecule has 1 fully saturated rings. The van der Waals surface area contributed by atoms with Crippen LogP contribution in [0.25, 0.3) is 16.9 Å². The van der Waals surface area contributed by atoms with Gasteiger partial charge in [0.2, 0.25) is 0 Å². The van der Waals surface area contributed by atoms with Crippen LogP contribution in [0.1, 0.15) is 25.7 Å². The normalized spacial score (nSPS) is 20.7. The number of halogens is 1. The van der Waals surface area contributed by atoms with Crippen molar-refractivity contribution in [1.29, 1.82) is 0 Å². The topological polar surface area (TPSA) is 68.2 Å². The Labute approximate surface area is 152 Å². The third kappa shape index (κ3) is 3.62. The number of anilines is 1. The lowest BCUT2D eigenvalue weighted by Gasteiger charge is -2.26. The average molecular weight is 356 g/mol. The van der Waals surface area contributed by atoms with Gasteiger partial charge in [-0.25, -0.2) is 9.50 Å². The first-order valence-corrected chi connectivity index (χ1v) is 9.17. The number of rotatable bonds is 4. The summed E-state index contributed by atoms with van der Waals surface area (Å²) in [6.07, 6.45) is 6.46. The van der Waals surface area contributed by atoms with Gasteiger partial charge < -0.3 is 11.1 Å². The van der Waals surface area contributed by atoms with Crippen LogP contribution in [0.5, 0.6) is 0 Å². The second kappa shape index (κ2) is 7.02. The van der Waals surface area contributed by atoms with Crippen LogP contribution < -0.4 is 11.1 Å². The third-order valence-corrected chi connectivity index (χ3v) is 5.18. The Kier molecular flexibility index (Phi) is 4.59. The van der Waals surface area contributed by atoms with Crippen LogP contribution in [0, 0.1) is 5.92 Å². The van der Waals surface area contributed by atoms with Crippen molar-refractivity contribution in [3.8, 4) is 11.3 Å². The molecule has 130 valence electrons. The Morgan fingerprint density at radius 2 is 2.00 bits per heavy atom. The molecule has 2 aromatic heterocycles. The molecule has 3 N–H and O–H groups in total. The summed E-state index contributed by atoms with van der Waals surface area (Å²) in [4.78, 5) is 4.44. The van der Waals surface area contributed by atoms with E-state index in [1.54, 1.807) is 0 Å². The van der Waals surface area contributed by atoms with E-state index in [4.69, 9.17) is 22.4 Å². The van der Waals surface area contributed by atoms with Gasteiger partial charge >= 0.3 is 0 Å². The number of hydrogen-bond acceptors (Lipinski definition) is 4. The lowest BCUT2D eigenvalue weighted by Crippen LogP contribution is -2.29. The monoisotopic (exact) mass is 355 g/mol. The van der Waals surface area contributed by atoms with Crippen LogP contribution in [-0.2, 0) is 0 Å². The van der Waals surface area contributed by atoms with Crippen molar-refractivity contribution >= 4 is 23.1 Å². The molecular formula is C19H22ClN5. The van der Waals surface area contributed by atoms with E-state index in [-0.39, 0.29) is 0 Å². The number of hydrogen-bond donors (Lipinski definition) is 2. The predicted molar refractivity (Wildman–Crippen MR) is 102 cm³/mol. The number of aromatic nitrogens is 3. The molecule has 2 heterocycles. The summed E-state index contributed by atoms with van der Waals surface area (Å²) in [6, 6.07) is 12.1. The fourth-order valence-electron chi connectivity index (χ4n) is 3.45. The largest absolute Gasteiger partial charge is 0.368 e. The third-order valence-electron chi connectivity index (χ3n) is 4.95. The van der Waals surface area contributed by atoms with Gasteiger partial charge in [-0.2, -0.15) is 0 Å². The van der Waals surface area contributed by atoms with E-state index < -0.39 is 0 Å². The summed E-state index contributed by atoms with van der Waals surface area (Å²) >= 11 is 6.12. The van der Waals surface area contributed by atoms with Gasteiger partial charge in [0.05, 0.1) is 11.9 Å². The quantitative estimate of drug-likeness (QED) is 0.742. The molecule has 0 atom stereocenters. The molecule has 0 spiro atoms. The van der Waals surface area contributed by atoms with E-state index in [9.17, 15) is 0 Å². The molecule has 1 aromatic carbocycles. The van der Waals surface area contributed by atoms with Gasteiger partial charge in [0.1, 0.15) is 5.82 Å². The smallest absolute Gasteiger partial charge is 0.154 e. The van der Waals surface area contributed by atoms with Crippen molar-refractivity contribution in [3.63, 3.8) is 0 Å². The minimum Gasteiger partial charge on any atom is -0.368 e. The van der Waals surface area contributed by atoms with Gasteiger partial charge in [-0.3, -0.25) is 0 Å².